The van der Waals surface area contributed by atoms with Gasteiger partial charge in [-0.3, -0.25) is 0 Å². The summed E-state index contributed by atoms with van der Waals surface area (Å²) in [6.45, 7) is 4.20. The molecule has 0 amide bonds. The highest BCUT2D eigenvalue weighted by Gasteiger charge is 2.10. The number of hydrogen-bond donors (Lipinski definition) is 2. The van der Waals surface area contributed by atoms with E-state index in [-0.39, 0.29) is 6.04 Å². The summed E-state index contributed by atoms with van der Waals surface area (Å²) >= 11 is 1.73. The first-order chi connectivity index (χ1) is 8.58. The van der Waals surface area contributed by atoms with Crippen molar-refractivity contribution in [3.8, 4) is 0 Å². The van der Waals surface area contributed by atoms with Crippen molar-refractivity contribution < 1.29 is 9.90 Å². The van der Waals surface area contributed by atoms with Crippen molar-refractivity contribution in [2.45, 2.75) is 19.9 Å². The zero-order chi connectivity index (χ0) is 13.1. The number of nitrogens with one attached hydrogen (secondary N) is 1. The lowest BCUT2D eigenvalue weighted by Crippen LogP contribution is -2.06. The van der Waals surface area contributed by atoms with Gasteiger partial charge >= 0.3 is 5.97 Å². The highest BCUT2D eigenvalue weighted by atomic mass is 32.1. The van der Waals surface area contributed by atoms with E-state index in [0.717, 1.165) is 5.69 Å². The van der Waals surface area contributed by atoms with E-state index in [2.05, 4.69) is 30.6 Å². The van der Waals surface area contributed by atoms with Crippen molar-refractivity contribution in [1.82, 2.24) is 0 Å². The van der Waals surface area contributed by atoms with Crippen molar-refractivity contribution in [3.05, 3.63) is 51.7 Å². The number of anilines is 1. The molecule has 0 bridgehead atoms. The van der Waals surface area contributed by atoms with Gasteiger partial charge in [-0.1, -0.05) is 0 Å². The average Bonchev–Trinajstić information content (AvgIpc) is 2.76. The summed E-state index contributed by atoms with van der Waals surface area (Å²) in [6.07, 6.45) is 0. The molecule has 3 nitrogen and oxygen atoms in total. The number of carboxylic acids is 1. The van der Waals surface area contributed by atoms with E-state index >= 15 is 0 Å². The first kappa shape index (κ1) is 12.6. The molecule has 1 unspecified atom stereocenters. The van der Waals surface area contributed by atoms with Crippen LogP contribution in [-0.4, -0.2) is 11.1 Å². The molecule has 0 saturated carbocycles. The maximum absolute atomic E-state index is 10.7. The van der Waals surface area contributed by atoms with Crippen molar-refractivity contribution in [2.24, 2.45) is 0 Å². The van der Waals surface area contributed by atoms with E-state index in [1.165, 1.54) is 10.4 Å². The molecule has 0 saturated heterocycles. The Morgan fingerprint density at radius 2 is 1.94 bits per heavy atom. The molecule has 2 aromatic rings. The lowest BCUT2D eigenvalue weighted by atomic mass is 10.1. The van der Waals surface area contributed by atoms with Crippen LogP contribution in [0.1, 0.15) is 33.8 Å². The summed E-state index contributed by atoms with van der Waals surface area (Å²) in [5, 5.41) is 14.3. The fraction of sp³-hybridized carbons (Fsp3) is 0.214. The largest absolute Gasteiger partial charge is 0.478 e. The lowest BCUT2D eigenvalue weighted by Gasteiger charge is -2.15. The number of rotatable bonds is 4. The molecule has 0 aliphatic carbocycles. The minimum Gasteiger partial charge on any atom is -0.478 e. The maximum Gasteiger partial charge on any atom is 0.335 e. The quantitative estimate of drug-likeness (QED) is 0.876. The van der Waals surface area contributed by atoms with Gasteiger partial charge in [-0.2, -0.15) is 0 Å². The second-order valence-electron chi connectivity index (χ2n) is 4.22. The highest BCUT2D eigenvalue weighted by molar-refractivity contribution is 7.10. The van der Waals surface area contributed by atoms with Gasteiger partial charge in [-0.15, -0.1) is 11.3 Å². The maximum atomic E-state index is 10.7. The molecule has 2 N–H and O–H groups in total. The van der Waals surface area contributed by atoms with Gasteiger partial charge in [0, 0.05) is 10.6 Å². The standard InChI is InChI=1S/C14H15NO2S/c1-9-7-8-18-13(9)10(2)15-12-5-3-11(4-6-12)14(16)17/h3-8,10,15H,1-2H3,(H,16,17). The molecule has 2 rings (SSSR count). The fourth-order valence-corrected chi connectivity index (χ4v) is 2.79. The Morgan fingerprint density at radius 1 is 1.28 bits per heavy atom. The monoisotopic (exact) mass is 261 g/mol. The molecule has 0 aliphatic rings. The normalized spacial score (nSPS) is 12.1. The average molecular weight is 261 g/mol. The van der Waals surface area contributed by atoms with E-state index in [0.29, 0.717) is 5.56 Å². The molecule has 1 aromatic carbocycles. The van der Waals surface area contributed by atoms with Gasteiger partial charge < -0.3 is 10.4 Å². The van der Waals surface area contributed by atoms with E-state index in [4.69, 9.17) is 5.11 Å². The van der Waals surface area contributed by atoms with Gasteiger partial charge in [0.25, 0.3) is 0 Å². The van der Waals surface area contributed by atoms with Gasteiger partial charge in [0.05, 0.1) is 11.6 Å². The summed E-state index contributed by atoms with van der Waals surface area (Å²) in [6, 6.07) is 9.13. The summed E-state index contributed by atoms with van der Waals surface area (Å²) in [5.41, 5.74) is 2.52. The summed E-state index contributed by atoms with van der Waals surface area (Å²) in [4.78, 5) is 12.1. The zero-order valence-corrected chi connectivity index (χ0v) is 11.1. The van der Waals surface area contributed by atoms with Crippen LogP contribution in [0.2, 0.25) is 0 Å². The number of aromatic carboxylic acids is 1. The Kier molecular flexibility index (Phi) is 3.67. The second kappa shape index (κ2) is 5.23. The SMILES string of the molecule is Cc1ccsc1C(C)Nc1ccc(C(=O)O)cc1. The molecule has 4 heteroatoms. The molecule has 0 spiro atoms. The molecule has 1 heterocycles. The minimum absolute atomic E-state index is 0.223. The predicted molar refractivity (Wildman–Crippen MR) is 74.5 cm³/mol. The van der Waals surface area contributed by atoms with Crippen LogP contribution in [0.5, 0.6) is 0 Å². The molecule has 0 fully saturated rings. The van der Waals surface area contributed by atoms with Gasteiger partial charge in [-0.25, -0.2) is 4.79 Å². The van der Waals surface area contributed by atoms with Gasteiger partial charge in [-0.05, 0) is 55.1 Å². The Labute approximate surface area is 110 Å². The molecule has 1 aromatic heterocycles. The zero-order valence-electron chi connectivity index (χ0n) is 10.3. The number of benzene rings is 1. The Morgan fingerprint density at radius 3 is 2.44 bits per heavy atom. The van der Waals surface area contributed by atoms with Crippen LogP contribution in [-0.2, 0) is 0 Å². The lowest BCUT2D eigenvalue weighted by molar-refractivity contribution is 0.0697. The van der Waals surface area contributed by atoms with Crippen molar-refractivity contribution in [2.75, 3.05) is 5.32 Å². The first-order valence-corrected chi connectivity index (χ1v) is 6.60. The third-order valence-electron chi connectivity index (χ3n) is 2.81. The van der Waals surface area contributed by atoms with Crippen LogP contribution < -0.4 is 5.32 Å². The Balaban J connectivity index is 2.10. The number of thiophene rings is 1. The van der Waals surface area contributed by atoms with Gasteiger partial charge in [0.15, 0.2) is 0 Å². The van der Waals surface area contributed by atoms with Crippen LogP contribution in [0.25, 0.3) is 0 Å². The topological polar surface area (TPSA) is 49.3 Å². The molecular weight excluding hydrogens is 246 g/mol. The van der Waals surface area contributed by atoms with Gasteiger partial charge in [0.2, 0.25) is 0 Å². The van der Waals surface area contributed by atoms with E-state index in [1.54, 1.807) is 35.6 Å². The van der Waals surface area contributed by atoms with Crippen LogP contribution in [0.4, 0.5) is 5.69 Å². The van der Waals surface area contributed by atoms with Gasteiger partial charge in [0.1, 0.15) is 0 Å². The number of carboxylic acid groups (broad SMARTS) is 1. The van der Waals surface area contributed by atoms with Crippen LogP contribution >= 0.6 is 11.3 Å². The summed E-state index contributed by atoms with van der Waals surface area (Å²) in [7, 11) is 0. The molecule has 0 aliphatic heterocycles. The minimum atomic E-state index is -0.899. The second-order valence-corrected chi connectivity index (χ2v) is 5.16. The van der Waals surface area contributed by atoms with E-state index < -0.39 is 5.97 Å². The number of hydrogen-bond acceptors (Lipinski definition) is 3. The number of aryl methyl sites for hydroxylation is 1. The van der Waals surface area contributed by atoms with Crippen LogP contribution in [0.15, 0.2) is 35.7 Å². The third-order valence-corrected chi connectivity index (χ3v) is 4.01. The molecule has 0 radical (unpaired) electrons. The van der Waals surface area contributed by atoms with Crippen molar-refractivity contribution in [3.63, 3.8) is 0 Å². The summed E-state index contributed by atoms with van der Waals surface area (Å²) < 4.78 is 0. The van der Waals surface area contributed by atoms with Crippen molar-refractivity contribution >= 4 is 23.0 Å². The molecule has 94 valence electrons. The summed E-state index contributed by atoms with van der Waals surface area (Å²) in [5.74, 6) is -0.899. The number of carbonyl (C=O) groups is 1. The molecule has 18 heavy (non-hydrogen) atoms. The smallest absolute Gasteiger partial charge is 0.335 e. The Bertz CT molecular complexity index is 545. The molecular formula is C14H15NO2S. The Hall–Kier alpha value is -1.81. The van der Waals surface area contributed by atoms with Crippen LogP contribution in [0.3, 0.4) is 0 Å². The highest BCUT2D eigenvalue weighted by Crippen LogP contribution is 2.26. The fourth-order valence-electron chi connectivity index (χ4n) is 1.85. The van der Waals surface area contributed by atoms with E-state index in [1.807, 2.05) is 0 Å². The van der Waals surface area contributed by atoms with Crippen LogP contribution in [0, 0.1) is 6.92 Å². The van der Waals surface area contributed by atoms with Crippen molar-refractivity contribution in [1.29, 1.82) is 0 Å². The van der Waals surface area contributed by atoms with E-state index in [9.17, 15) is 4.79 Å². The molecule has 1 atom stereocenters. The predicted octanol–water partition coefficient (Wildman–Crippen LogP) is 3.93. The third kappa shape index (κ3) is 2.71. The first-order valence-electron chi connectivity index (χ1n) is 5.72.